The summed E-state index contributed by atoms with van der Waals surface area (Å²) in [7, 11) is 0. The Morgan fingerprint density at radius 3 is 2.94 bits per heavy atom. The summed E-state index contributed by atoms with van der Waals surface area (Å²) in [6.07, 6.45) is 4.12. The molecule has 5 heteroatoms. The van der Waals surface area contributed by atoms with Crippen LogP contribution in [0.5, 0.6) is 0 Å². The van der Waals surface area contributed by atoms with Crippen molar-refractivity contribution in [2.75, 3.05) is 13.1 Å². The number of nitrogens with zero attached hydrogens (tertiary/aromatic N) is 1. The zero-order chi connectivity index (χ0) is 13.0. The molecular weight excluding hydrogens is 246 g/mol. The number of hydrogen-bond acceptors (Lipinski definition) is 4. The Balaban J connectivity index is 1.72. The fraction of sp³-hybridized carbons (Fsp3) is 0.692. The van der Waals surface area contributed by atoms with Crippen LogP contribution in [0, 0.1) is 13.8 Å². The number of amides is 1. The minimum absolute atomic E-state index is 0.0125. The number of thiazole rings is 1. The number of carbonyl (C=O) groups excluding carboxylic acids is 1. The Morgan fingerprint density at radius 1 is 1.50 bits per heavy atom. The lowest BCUT2D eigenvalue weighted by Gasteiger charge is -2.22. The highest BCUT2D eigenvalue weighted by atomic mass is 32.1. The van der Waals surface area contributed by atoms with Crippen LogP contribution in [0.3, 0.4) is 0 Å². The Kier molecular flexibility index (Phi) is 4.72. The molecule has 2 heterocycles. The second kappa shape index (κ2) is 6.29. The van der Waals surface area contributed by atoms with Gasteiger partial charge in [-0.05, 0) is 33.2 Å². The molecule has 1 aromatic rings. The molecule has 0 bridgehead atoms. The van der Waals surface area contributed by atoms with Gasteiger partial charge < -0.3 is 10.6 Å². The molecule has 1 aliphatic heterocycles. The Morgan fingerprint density at radius 2 is 2.33 bits per heavy atom. The summed E-state index contributed by atoms with van der Waals surface area (Å²) in [6, 6.07) is 0.0125. The van der Waals surface area contributed by atoms with Gasteiger partial charge in [0.15, 0.2) is 0 Å². The third kappa shape index (κ3) is 3.53. The van der Waals surface area contributed by atoms with Crippen molar-refractivity contribution in [3.63, 3.8) is 0 Å². The molecule has 1 aromatic heterocycles. The molecule has 1 fully saturated rings. The molecule has 0 unspecified atom stereocenters. The monoisotopic (exact) mass is 267 g/mol. The number of aromatic nitrogens is 1. The van der Waals surface area contributed by atoms with Crippen LogP contribution in [0.1, 0.15) is 34.8 Å². The van der Waals surface area contributed by atoms with E-state index in [0.29, 0.717) is 6.54 Å². The van der Waals surface area contributed by atoms with Gasteiger partial charge in [0, 0.05) is 17.8 Å². The zero-order valence-electron chi connectivity index (χ0n) is 11.1. The van der Waals surface area contributed by atoms with Crippen molar-refractivity contribution in [1.29, 1.82) is 0 Å². The van der Waals surface area contributed by atoms with Crippen LogP contribution in [-0.4, -0.2) is 30.0 Å². The lowest BCUT2D eigenvalue weighted by atomic mass is 10.0. The van der Waals surface area contributed by atoms with E-state index in [2.05, 4.69) is 22.5 Å². The summed E-state index contributed by atoms with van der Waals surface area (Å²) in [5.41, 5.74) is 1.11. The van der Waals surface area contributed by atoms with E-state index >= 15 is 0 Å². The van der Waals surface area contributed by atoms with Crippen molar-refractivity contribution in [3.05, 3.63) is 15.6 Å². The minimum Gasteiger partial charge on any atom is -0.354 e. The Labute approximate surface area is 112 Å². The number of carbonyl (C=O) groups is 1. The molecule has 0 radical (unpaired) electrons. The first-order chi connectivity index (χ1) is 8.66. The summed E-state index contributed by atoms with van der Waals surface area (Å²) in [5.74, 6) is 0.139. The van der Waals surface area contributed by atoms with Gasteiger partial charge in [0.1, 0.15) is 0 Å². The van der Waals surface area contributed by atoms with Crippen molar-refractivity contribution < 1.29 is 4.79 Å². The largest absolute Gasteiger partial charge is 0.354 e. The second-order valence-electron chi connectivity index (χ2n) is 4.79. The molecule has 2 rings (SSSR count). The molecule has 0 spiro atoms. The van der Waals surface area contributed by atoms with Gasteiger partial charge in [0.2, 0.25) is 5.91 Å². The van der Waals surface area contributed by atoms with Crippen molar-refractivity contribution in [1.82, 2.24) is 15.6 Å². The predicted octanol–water partition coefficient (Wildman–Crippen LogP) is 1.56. The van der Waals surface area contributed by atoms with E-state index in [9.17, 15) is 4.79 Å². The first kappa shape index (κ1) is 13.5. The van der Waals surface area contributed by atoms with Gasteiger partial charge >= 0.3 is 0 Å². The number of rotatable bonds is 4. The maximum Gasteiger partial charge on any atom is 0.237 e. The zero-order valence-corrected chi connectivity index (χ0v) is 11.9. The molecule has 1 aliphatic rings. The predicted molar refractivity (Wildman–Crippen MR) is 73.9 cm³/mol. The first-order valence-corrected chi connectivity index (χ1v) is 7.42. The molecule has 1 amide bonds. The van der Waals surface area contributed by atoms with Crippen LogP contribution < -0.4 is 10.6 Å². The topological polar surface area (TPSA) is 54.0 Å². The van der Waals surface area contributed by atoms with E-state index in [1.165, 1.54) is 11.3 Å². The van der Waals surface area contributed by atoms with Gasteiger partial charge in [-0.3, -0.25) is 4.79 Å². The van der Waals surface area contributed by atoms with Crippen LogP contribution >= 0.6 is 11.3 Å². The maximum absolute atomic E-state index is 11.9. The Hall–Kier alpha value is -0.940. The molecule has 18 heavy (non-hydrogen) atoms. The number of piperidine rings is 1. The maximum atomic E-state index is 11.9. The first-order valence-electron chi connectivity index (χ1n) is 6.61. The molecule has 0 aliphatic carbocycles. The van der Waals surface area contributed by atoms with Crippen LogP contribution in [-0.2, 0) is 11.2 Å². The summed E-state index contributed by atoms with van der Waals surface area (Å²) < 4.78 is 0. The molecule has 4 nitrogen and oxygen atoms in total. The van der Waals surface area contributed by atoms with E-state index in [1.807, 2.05) is 6.92 Å². The SMILES string of the molecule is Cc1nc(CCNC(=O)[C@H]2CCCCN2)sc1C. The van der Waals surface area contributed by atoms with Gasteiger partial charge in [-0.15, -0.1) is 11.3 Å². The highest BCUT2D eigenvalue weighted by Gasteiger charge is 2.19. The average Bonchev–Trinajstić information content (AvgIpc) is 2.69. The van der Waals surface area contributed by atoms with Gasteiger partial charge in [-0.25, -0.2) is 4.98 Å². The molecule has 1 atom stereocenters. The highest BCUT2D eigenvalue weighted by molar-refractivity contribution is 7.11. The molecule has 0 saturated carbocycles. The number of hydrogen-bond donors (Lipinski definition) is 2. The van der Waals surface area contributed by atoms with Gasteiger partial charge in [0.25, 0.3) is 0 Å². The standard InChI is InChI=1S/C13H21N3OS/c1-9-10(2)18-12(16-9)6-8-15-13(17)11-5-3-4-7-14-11/h11,14H,3-8H2,1-2H3,(H,15,17)/t11-/m1/s1. The quantitative estimate of drug-likeness (QED) is 0.870. The van der Waals surface area contributed by atoms with Gasteiger partial charge in [0.05, 0.1) is 16.7 Å². The summed E-state index contributed by atoms with van der Waals surface area (Å²) in [6.45, 7) is 5.76. The van der Waals surface area contributed by atoms with Crippen LogP contribution in [0.4, 0.5) is 0 Å². The van der Waals surface area contributed by atoms with E-state index in [-0.39, 0.29) is 11.9 Å². The van der Waals surface area contributed by atoms with Gasteiger partial charge in [-0.1, -0.05) is 6.42 Å². The average molecular weight is 267 g/mol. The third-order valence-electron chi connectivity index (χ3n) is 3.34. The minimum atomic E-state index is 0.0125. The molecular formula is C13H21N3OS. The second-order valence-corrected chi connectivity index (χ2v) is 6.08. The van der Waals surface area contributed by atoms with E-state index in [1.54, 1.807) is 11.3 Å². The number of aryl methyl sites for hydroxylation is 2. The lowest BCUT2D eigenvalue weighted by molar-refractivity contribution is -0.123. The van der Waals surface area contributed by atoms with Crippen molar-refractivity contribution in [3.8, 4) is 0 Å². The van der Waals surface area contributed by atoms with Crippen molar-refractivity contribution in [2.45, 2.75) is 45.6 Å². The van der Waals surface area contributed by atoms with Crippen molar-refractivity contribution >= 4 is 17.2 Å². The lowest BCUT2D eigenvalue weighted by Crippen LogP contribution is -2.47. The summed E-state index contributed by atoms with van der Waals surface area (Å²) in [4.78, 5) is 17.6. The number of nitrogens with one attached hydrogen (secondary N) is 2. The van der Waals surface area contributed by atoms with E-state index < -0.39 is 0 Å². The smallest absolute Gasteiger partial charge is 0.237 e. The van der Waals surface area contributed by atoms with Crippen molar-refractivity contribution in [2.24, 2.45) is 0 Å². The molecule has 100 valence electrons. The highest BCUT2D eigenvalue weighted by Crippen LogP contribution is 2.16. The van der Waals surface area contributed by atoms with Crippen LogP contribution in [0.25, 0.3) is 0 Å². The van der Waals surface area contributed by atoms with E-state index in [4.69, 9.17) is 0 Å². The normalized spacial score (nSPS) is 19.8. The van der Waals surface area contributed by atoms with Crippen LogP contribution in [0.2, 0.25) is 0 Å². The fourth-order valence-corrected chi connectivity index (χ4v) is 3.07. The third-order valence-corrected chi connectivity index (χ3v) is 4.47. The molecule has 2 N–H and O–H groups in total. The summed E-state index contributed by atoms with van der Waals surface area (Å²) >= 11 is 1.72. The van der Waals surface area contributed by atoms with Crippen LogP contribution in [0.15, 0.2) is 0 Å². The van der Waals surface area contributed by atoms with E-state index in [0.717, 1.165) is 36.5 Å². The Bertz CT molecular complexity index is 391. The molecule has 1 saturated heterocycles. The molecule has 0 aromatic carbocycles. The fourth-order valence-electron chi connectivity index (χ4n) is 2.14. The summed E-state index contributed by atoms with van der Waals surface area (Å²) in [5, 5.41) is 7.36. The van der Waals surface area contributed by atoms with Gasteiger partial charge in [-0.2, -0.15) is 0 Å².